The number of hydrogen-bond donors (Lipinski definition) is 0. The zero-order chi connectivity index (χ0) is 26.7. The van der Waals surface area contributed by atoms with Crippen LogP contribution < -0.4 is 9.64 Å². The molecule has 0 atom stereocenters. The van der Waals surface area contributed by atoms with Crippen LogP contribution in [-0.4, -0.2) is 68.3 Å². The molecule has 0 N–H and O–H groups in total. The molecule has 1 saturated heterocycles. The Morgan fingerprint density at radius 3 is 2.37 bits per heavy atom. The predicted molar refractivity (Wildman–Crippen MR) is 150 cm³/mol. The molecule has 1 aliphatic heterocycles. The van der Waals surface area contributed by atoms with E-state index in [1.165, 1.54) is 16.4 Å². The summed E-state index contributed by atoms with van der Waals surface area (Å²) in [6.45, 7) is 5.29. The second-order valence-electron chi connectivity index (χ2n) is 9.08. The number of amides is 1. The lowest BCUT2D eigenvalue weighted by Crippen LogP contribution is -2.48. The van der Waals surface area contributed by atoms with Crippen LogP contribution in [0.3, 0.4) is 0 Å². The first kappa shape index (κ1) is 26.1. The first-order chi connectivity index (χ1) is 18.4. The molecule has 1 aliphatic rings. The van der Waals surface area contributed by atoms with E-state index in [0.717, 1.165) is 26.7 Å². The largest absolute Gasteiger partial charge is 0.492 e. The molecule has 1 fully saturated rings. The Bertz CT molecular complexity index is 1510. The molecule has 38 heavy (non-hydrogen) atoms. The number of nitrogens with zero attached hydrogens (tertiary/aromatic N) is 4. The maximum atomic E-state index is 13.2. The van der Waals surface area contributed by atoms with Crippen molar-refractivity contribution in [3.8, 4) is 5.75 Å². The number of para-hydroxylation sites is 1. The van der Waals surface area contributed by atoms with Crippen molar-refractivity contribution in [2.75, 3.05) is 44.7 Å². The Balaban J connectivity index is 1.22. The minimum atomic E-state index is -3.67. The summed E-state index contributed by atoms with van der Waals surface area (Å²) >= 11 is 1.63. The molecule has 5 rings (SSSR count). The normalized spacial score (nSPS) is 14.3. The maximum absolute atomic E-state index is 13.2. The summed E-state index contributed by atoms with van der Waals surface area (Å²) in [6.07, 6.45) is 0. The van der Waals surface area contributed by atoms with E-state index in [1.807, 2.05) is 55.5 Å². The molecule has 8 nitrogen and oxygen atoms in total. The number of rotatable bonds is 8. The van der Waals surface area contributed by atoms with Crippen molar-refractivity contribution in [2.45, 2.75) is 18.4 Å². The van der Waals surface area contributed by atoms with Crippen molar-refractivity contribution < 1.29 is 17.9 Å². The number of fused-ring (bicyclic) bond motifs is 1. The molecule has 10 heteroatoms. The average molecular weight is 551 g/mol. The Labute approximate surface area is 227 Å². The van der Waals surface area contributed by atoms with Gasteiger partial charge < -0.3 is 14.5 Å². The van der Waals surface area contributed by atoms with Crippen molar-refractivity contribution in [1.82, 2.24) is 14.2 Å². The quantitative estimate of drug-likeness (QED) is 0.322. The molecule has 1 amide bonds. The lowest BCUT2D eigenvalue weighted by molar-refractivity contribution is 0.0746. The molecule has 0 spiro atoms. The number of ether oxygens (including phenoxy) is 1. The third-order valence-electron chi connectivity index (χ3n) is 6.57. The number of sulfonamides is 1. The fourth-order valence-corrected chi connectivity index (χ4v) is 6.67. The van der Waals surface area contributed by atoms with Crippen LogP contribution in [0.25, 0.3) is 10.2 Å². The minimum Gasteiger partial charge on any atom is -0.492 e. The number of thiazole rings is 1. The van der Waals surface area contributed by atoms with E-state index >= 15 is 0 Å². The Morgan fingerprint density at radius 1 is 0.974 bits per heavy atom. The van der Waals surface area contributed by atoms with Crippen LogP contribution in [-0.2, 0) is 16.6 Å². The molecule has 0 unspecified atom stereocenters. The van der Waals surface area contributed by atoms with Gasteiger partial charge in [0.1, 0.15) is 11.3 Å². The highest BCUT2D eigenvalue weighted by molar-refractivity contribution is 7.89. The van der Waals surface area contributed by atoms with Gasteiger partial charge in [-0.3, -0.25) is 4.79 Å². The summed E-state index contributed by atoms with van der Waals surface area (Å²) in [5.74, 6) is 0.687. The predicted octanol–water partition coefficient (Wildman–Crippen LogP) is 4.48. The Hall–Kier alpha value is -3.47. The van der Waals surface area contributed by atoms with Crippen molar-refractivity contribution in [2.24, 2.45) is 0 Å². The van der Waals surface area contributed by atoms with Crippen LogP contribution in [0.2, 0.25) is 0 Å². The zero-order valence-electron chi connectivity index (χ0n) is 21.4. The van der Waals surface area contributed by atoms with Crippen LogP contribution in [0.15, 0.2) is 77.7 Å². The van der Waals surface area contributed by atoms with Crippen LogP contribution in [0.4, 0.5) is 5.13 Å². The van der Waals surface area contributed by atoms with Gasteiger partial charge in [0, 0.05) is 45.3 Å². The number of carbonyl (C=O) groups excluding carboxylic acids is 1. The van der Waals surface area contributed by atoms with Gasteiger partial charge in [0.05, 0.1) is 16.2 Å². The molecule has 1 aromatic heterocycles. The summed E-state index contributed by atoms with van der Waals surface area (Å²) in [5.41, 5.74) is 2.26. The van der Waals surface area contributed by atoms with Gasteiger partial charge in [-0.1, -0.05) is 47.7 Å². The first-order valence-electron chi connectivity index (χ1n) is 12.5. The van der Waals surface area contributed by atoms with Gasteiger partial charge >= 0.3 is 0 Å². The van der Waals surface area contributed by atoms with Gasteiger partial charge in [-0.2, -0.15) is 4.31 Å². The molecule has 3 aromatic carbocycles. The SMILES string of the molecule is CCOc1cccc2sc(N3CCN(C(=O)c4ccc(S(=O)(=O)N(C)Cc5ccccc5)cc4)CC3)nc12. The van der Waals surface area contributed by atoms with Gasteiger partial charge in [0.2, 0.25) is 10.0 Å². The first-order valence-corrected chi connectivity index (χ1v) is 14.8. The topological polar surface area (TPSA) is 83.0 Å². The number of piperazine rings is 1. The summed E-state index contributed by atoms with van der Waals surface area (Å²) in [6, 6.07) is 21.6. The van der Waals surface area contributed by atoms with E-state index in [4.69, 9.17) is 9.72 Å². The zero-order valence-corrected chi connectivity index (χ0v) is 23.0. The van der Waals surface area contributed by atoms with E-state index in [-0.39, 0.29) is 17.3 Å². The van der Waals surface area contributed by atoms with Gasteiger partial charge in [-0.15, -0.1) is 0 Å². The maximum Gasteiger partial charge on any atom is 0.253 e. The second kappa shape index (κ2) is 11.1. The Morgan fingerprint density at radius 2 is 1.68 bits per heavy atom. The number of aromatic nitrogens is 1. The molecule has 0 saturated carbocycles. The van der Waals surface area contributed by atoms with Crippen LogP contribution in [0, 0.1) is 0 Å². The monoisotopic (exact) mass is 550 g/mol. The van der Waals surface area contributed by atoms with Crippen LogP contribution in [0.5, 0.6) is 5.75 Å². The summed E-state index contributed by atoms with van der Waals surface area (Å²) in [7, 11) is -2.11. The molecule has 2 heterocycles. The van der Waals surface area contributed by atoms with Crippen molar-refractivity contribution in [3.05, 3.63) is 83.9 Å². The van der Waals surface area contributed by atoms with Crippen molar-refractivity contribution in [1.29, 1.82) is 0 Å². The highest BCUT2D eigenvalue weighted by Gasteiger charge is 2.26. The van der Waals surface area contributed by atoms with Crippen LogP contribution in [0.1, 0.15) is 22.8 Å². The van der Waals surface area contributed by atoms with Gasteiger partial charge in [-0.25, -0.2) is 13.4 Å². The molecular weight excluding hydrogens is 520 g/mol. The number of anilines is 1. The second-order valence-corrected chi connectivity index (χ2v) is 12.1. The smallest absolute Gasteiger partial charge is 0.253 e. The number of hydrogen-bond acceptors (Lipinski definition) is 7. The van der Waals surface area contributed by atoms with Crippen molar-refractivity contribution >= 4 is 42.6 Å². The van der Waals surface area contributed by atoms with E-state index in [0.29, 0.717) is 38.3 Å². The third-order valence-corrected chi connectivity index (χ3v) is 9.46. The fourth-order valence-electron chi connectivity index (χ4n) is 4.48. The van der Waals surface area contributed by atoms with E-state index in [1.54, 1.807) is 35.4 Å². The van der Waals surface area contributed by atoms with Gasteiger partial charge in [-0.05, 0) is 48.9 Å². The average Bonchev–Trinajstić information content (AvgIpc) is 3.39. The van der Waals surface area contributed by atoms with Crippen molar-refractivity contribution in [3.63, 3.8) is 0 Å². The molecule has 0 radical (unpaired) electrons. The van der Waals surface area contributed by atoms with E-state index < -0.39 is 10.0 Å². The lowest BCUT2D eigenvalue weighted by Gasteiger charge is -2.34. The minimum absolute atomic E-state index is 0.103. The highest BCUT2D eigenvalue weighted by atomic mass is 32.2. The van der Waals surface area contributed by atoms with Gasteiger partial charge in [0.25, 0.3) is 5.91 Å². The summed E-state index contributed by atoms with van der Waals surface area (Å²) in [5, 5.41) is 0.924. The molecule has 0 bridgehead atoms. The molecule has 4 aromatic rings. The third kappa shape index (κ3) is 5.38. The standard InChI is InChI=1S/C28H30N4O4S2/c1-3-36-24-10-7-11-25-26(24)29-28(37-25)32-18-16-31(17-19-32)27(33)22-12-14-23(15-13-22)38(34,35)30(2)20-21-8-5-4-6-9-21/h4-15H,3,16-20H2,1-2H3. The fraction of sp³-hybridized carbons (Fsp3) is 0.286. The van der Waals surface area contributed by atoms with E-state index in [2.05, 4.69) is 4.90 Å². The number of benzene rings is 3. The molecule has 0 aliphatic carbocycles. The van der Waals surface area contributed by atoms with Crippen LogP contribution >= 0.6 is 11.3 Å². The van der Waals surface area contributed by atoms with Gasteiger partial charge in [0.15, 0.2) is 5.13 Å². The molecular formula is C28H30N4O4S2. The number of carbonyl (C=O) groups is 1. The summed E-state index contributed by atoms with van der Waals surface area (Å²) in [4.78, 5) is 22.1. The summed E-state index contributed by atoms with van der Waals surface area (Å²) < 4.78 is 34.2. The van der Waals surface area contributed by atoms with E-state index in [9.17, 15) is 13.2 Å². The highest BCUT2D eigenvalue weighted by Crippen LogP contribution is 2.34. The Kier molecular flexibility index (Phi) is 7.64. The molecule has 198 valence electrons. The lowest BCUT2D eigenvalue weighted by atomic mass is 10.2.